The summed E-state index contributed by atoms with van der Waals surface area (Å²) < 4.78 is 6.48. The lowest BCUT2D eigenvalue weighted by Gasteiger charge is -2.25. The van der Waals surface area contributed by atoms with Gasteiger partial charge in [0.1, 0.15) is 23.4 Å². The number of aliphatic hydroxyl groups is 2. The molecule has 1 unspecified atom stereocenters. The third kappa shape index (κ3) is 1.98. The van der Waals surface area contributed by atoms with Gasteiger partial charge in [0.2, 0.25) is 0 Å². The number of rotatable bonds is 2. The lowest BCUT2D eigenvalue weighted by molar-refractivity contribution is -0.0503. The number of nitrogens with zero attached hydrogens (tertiary/aromatic N) is 3. The Bertz CT molecular complexity index is 581. The highest BCUT2D eigenvalue weighted by Gasteiger charge is 2.54. The Morgan fingerprint density at radius 3 is 2.95 bits per heavy atom. The van der Waals surface area contributed by atoms with E-state index < -0.39 is 36.1 Å². The summed E-state index contributed by atoms with van der Waals surface area (Å²) in [6, 6.07) is 3.33. The van der Waals surface area contributed by atoms with Crippen LogP contribution in [0.4, 0.5) is 5.82 Å². The second kappa shape index (κ2) is 4.62. The third-order valence-electron chi connectivity index (χ3n) is 3.31. The summed E-state index contributed by atoms with van der Waals surface area (Å²) in [5.41, 5.74) is 3.34. The molecule has 102 valence electrons. The minimum absolute atomic E-state index is 0.0529. The fourth-order valence-electron chi connectivity index (χ4n) is 2.14. The summed E-state index contributed by atoms with van der Waals surface area (Å²) in [5, 5.41) is 28.4. The third-order valence-corrected chi connectivity index (χ3v) is 3.31. The second-order valence-corrected chi connectivity index (χ2v) is 4.59. The van der Waals surface area contributed by atoms with Crippen LogP contribution in [0.2, 0.25) is 0 Å². The summed E-state index contributed by atoms with van der Waals surface area (Å²) in [6.45, 7) is 1.01. The number of aromatic nitrogens is 2. The molecule has 4 atom stereocenters. The van der Waals surface area contributed by atoms with E-state index in [4.69, 9.17) is 15.6 Å². The van der Waals surface area contributed by atoms with Crippen LogP contribution < -0.4 is 11.4 Å². The van der Waals surface area contributed by atoms with Gasteiger partial charge in [0, 0.05) is 6.20 Å². The molecule has 1 aromatic rings. The van der Waals surface area contributed by atoms with E-state index in [0.717, 1.165) is 4.57 Å². The molecule has 8 heteroatoms. The molecule has 8 nitrogen and oxygen atoms in total. The van der Waals surface area contributed by atoms with E-state index in [0.29, 0.717) is 0 Å². The molecule has 2 heterocycles. The van der Waals surface area contributed by atoms with Crippen molar-refractivity contribution in [2.75, 3.05) is 12.3 Å². The number of hydrogen-bond donors (Lipinski definition) is 3. The molecule has 0 saturated carbocycles. The van der Waals surface area contributed by atoms with Gasteiger partial charge in [-0.05, 0) is 13.0 Å². The molecular weight excluding hydrogens is 252 g/mol. The molecule has 1 fully saturated rings. The fourth-order valence-corrected chi connectivity index (χ4v) is 2.14. The summed E-state index contributed by atoms with van der Waals surface area (Å²) in [7, 11) is 0. The maximum absolute atomic E-state index is 11.8. The van der Waals surface area contributed by atoms with Crippen LogP contribution >= 0.6 is 0 Å². The van der Waals surface area contributed by atoms with E-state index in [1.165, 1.54) is 19.2 Å². The van der Waals surface area contributed by atoms with E-state index in [2.05, 4.69) is 4.98 Å². The van der Waals surface area contributed by atoms with Gasteiger partial charge in [-0.25, -0.2) is 4.79 Å². The van der Waals surface area contributed by atoms with Crippen LogP contribution in [-0.4, -0.2) is 38.6 Å². The van der Waals surface area contributed by atoms with Crippen LogP contribution in [0.25, 0.3) is 0 Å². The Kier molecular flexibility index (Phi) is 3.28. The van der Waals surface area contributed by atoms with Crippen LogP contribution in [0.3, 0.4) is 0 Å². The van der Waals surface area contributed by atoms with Crippen LogP contribution in [0.1, 0.15) is 13.2 Å². The van der Waals surface area contributed by atoms with Crippen LogP contribution in [-0.2, 0) is 4.74 Å². The Morgan fingerprint density at radius 2 is 2.42 bits per heavy atom. The van der Waals surface area contributed by atoms with Crippen molar-refractivity contribution in [3.05, 3.63) is 22.7 Å². The Balaban J connectivity index is 2.49. The first-order valence-corrected chi connectivity index (χ1v) is 5.64. The van der Waals surface area contributed by atoms with Gasteiger partial charge in [0.25, 0.3) is 0 Å². The highest BCUT2D eigenvalue weighted by molar-refractivity contribution is 5.24. The maximum atomic E-state index is 11.8. The van der Waals surface area contributed by atoms with Crippen LogP contribution in [0, 0.1) is 16.7 Å². The van der Waals surface area contributed by atoms with Gasteiger partial charge < -0.3 is 20.7 Å². The van der Waals surface area contributed by atoms with Crippen molar-refractivity contribution in [2.24, 2.45) is 5.41 Å². The average molecular weight is 266 g/mol. The predicted octanol–water partition coefficient (Wildman–Crippen LogP) is -1.39. The molecule has 1 aliphatic heterocycles. The number of nitrogen functional groups attached to an aromatic ring is 1. The molecule has 1 aromatic heterocycles. The maximum Gasteiger partial charge on any atom is 0.351 e. The zero-order valence-corrected chi connectivity index (χ0v) is 10.2. The Hall–Kier alpha value is -1.95. The minimum atomic E-state index is -1.37. The zero-order chi connectivity index (χ0) is 14.2. The summed E-state index contributed by atoms with van der Waals surface area (Å²) in [5.74, 6) is 0.0529. The van der Waals surface area contributed by atoms with E-state index in [1.807, 2.05) is 6.07 Å². The molecule has 0 aliphatic carbocycles. The quantitative estimate of drug-likeness (QED) is 0.599. The topological polar surface area (TPSA) is 134 Å². The lowest BCUT2D eigenvalue weighted by atomic mass is 9.84. The van der Waals surface area contributed by atoms with Crippen molar-refractivity contribution in [2.45, 2.75) is 25.4 Å². The number of hydrogen-bond acceptors (Lipinski definition) is 7. The zero-order valence-electron chi connectivity index (χ0n) is 10.2. The van der Waals surface area contributed by atoms with Crippen molar-refractivity contribution >= 4 is 5.82 Å². The number of ether oxygens (including phenoxy) is 1. The van der Waals surface area contributed by atoms with Gasteiger partial charge >= 0.3 is 5.69 Å². The van der Waals surface area contributed by atoms with E-state index >= 15 is 0 Å². The summed E-state index contributed by atoms with van der Waals surface area (Å²) in [4.78, 5) is 15.3. The van der Waals surface area contributed by atoms with Crippen LogP contribution in [0.5, 0.6) is 0 Å². The van der Waals surface area contributed by atoms with Gasteiger partial charge in [0.15, 0.2) is 6.23 Å². The number of nitrogens with two attached hydrogens (primary N) is 1. The standard InChI is InChI=1S/C11H14N4O4/c1-11(5-12)8(17)6(4-16)19-9(11)15-3-2-7(13)14-10(15)18/h2-3,6,8-9,16-17H,4H2,1H3,(H2,13,14,18)/t6-,8-,9?,11-/m1/s1. The van der Waals surface area contributed by atoms with Crippen molar-refractivity contribution in [3.63, 3.8) is 0 Å². The van der Waals surface area contributed by atoms with Gasteiger partial charge in [-0.3, -0.25) is 4.57 Å². The van der Waals surface area contributed by atoms with Crippen molar-refractivity contribution in [3.8, 4) is 6.07 Å². The normalized spacial score (nSPS) is 34.1. The minimum Gasteiger partial charge on any atom is -0.394 e. The predicted molar refractivity (Wildman–Crippen MR) is 63.6 cm³/mol. The van der Waals surface area contributed by atoms with Gasteiger partial charge in [0.05, 0.1) is 12.7 Å². The van der Waals surface area contributed by atoms with E-state index in [9.17, 15) is 15.2 Å². The number of nitriles is 1. The Morgan fingerprint density at radius 1 is 1.74 bits per heavy atom. The first-order chi connectivity index (χ1) is 8.93. The molecule has 0 radical (unpaired) electrons. The first-order valence-electron chi connectivity index (χ1n) is 5.64. The molecule has 0 aromatic carbocycles. The smallest absolute Gasteiger partial charge is 0.351 e. The molecule has 19 heavy (non-hydrogen) atoms. The molecule has 0 bridgehead atoms. The monoisotopic (exact) mass is 266 g/mol. The molecule has 0 spiro atoms. The molecule has 4 N–H and O–H groups in total. The highest BCUT2D eigenvalue weighted by atomic mass is 16.5. The van der Waals surface area contributed by atoms with Gasteiger partial charge in [-0.15, -0.1) is 0 Å². The first kappa shape index (κ1) is 13.5. The van der Waals surface area contributed by atoms with E-state index in [1.54, 1.807) is 0 Å². The largest absolute Gasteiger partial charge is 0.394 e. The van der Waals surface area contributed by atoms with Gasteiger partial charge in [-0.1, -0.05) is 0 Å². The lowest BCUT2D eigenvalue weighted by Crippen LogP contribution is -2.39. The second-order valence-electron chi connectivity index (χ2n) is 4.59. The van der Waals surface area contributed by atoms with Crippen molar-refractivity contribution in [1.82, 2.24) is 9.55 Å². The molecule has 1 aliphatic rings. The SMILES string of the molecule is C[C@]1(C#N)C(n2ccc(N)nc2=O)O[C@H](CO)[C@H]1O. The Labute approximate surface area is 108 Å². The van der Waals surface area contributed by atoms with Crippen molar-refractivity contribution < 1.29 is 14.9 Å². The van der Waals surface area contributed by atoms with E-state index in [-0.39, 0.29) is 5.82 Å². The molecule has 0 amide bonds. The highest BCUT2D eigenvalue weighted by Crippen LogP contribution is 2.44. The van der Waals surface area contributed by atoms with Crippen molar-refractivity contribution in [1.29, 1.82) is 5.26 Å². The summed E-state index contributed by atoms with van der Waals surface area (Å²) in [6.07, 6.45) is -1.83. The summed E-state index contributed by atoms with van der Waals surface area (Å²) >= 11 is 0. The fraction of sp³-hybridized carbons (Fsp3) is 0.545. The van der Waals surface area contributed by atoms with Gasteiger partial charge in [-0.2, -0.15) is 10.2 Å². The molecule has 1 saturated heterocycles. The molecule has 2 rings (SSSR count). The number of aliphatic hydroxyl groups excluding tert-OH is 2. The average Bonchev–Trinajstić information content (AvgIpc) is 2.63. The molecular formula is C11H14N4O4. The number of anilines is 1. The van der Waals surface area contributed by atoms with Crippen LogP contribution in [0.15, 0.2) is 17.1 Å².